The van der Waals surface area contributed by atoms with Gasteiger partial charge in [-0.3, -0.25) is 9.59 Å². The predicted octanol–water partition coefficient (Wildman–Crippen LogP) is 4.05. The van der Waals surface area contributed by atoms with Gasteiger partial charge >= 0.3 is 0 Å². The summed E-state index contributed by atoms with van der Waals surface area (Å²) in [5.41, 5.74) is 1.96. The molecule has 0 saturated heterocycles. The topological polar surface area (TPSA) is 79.5 Å². The molecule has 0 unspecified atom stereocenters. The summed E-state index contributed by atoms with van der Waals surface area (Å²) >= 11 is 0. The maximum atomic E-state index is 12.2. The van der Waals surface area contributed by atoms with Crippen LogP contribution in [0.3, 0.4) is 0 Å². The zero-order valence-electron chi connectivity index (χ0n) is 16.7. The van der Waals surface area contributed by atoms with Crippen LogP contribution in [0.4, 0.5) is 11.4 Å². The first-order valence-electron chi connectivity index (χ1n) is 9.66. The second-order valence-electron chi connectivity index (χ2n) is 6.79. The third-order valence-electron chi connectivity index (χ3n) is 3.88. The highest BCUT2D eigenvalue weighted by Gasteiger charge is 2.07. The fourth-order valence-corrected chi connectivity index (χ4v) is 2.56. The number of amides is 2. The summed E-state index contributed by atoms with van der Waals surface area (Å²) in [5.74, 6) is 0.422. The van der Waals surface area contributed by atoms with Crippen molar-refractivity contribution in [3.63, 3.8) is 0 Å². The minimum Gasteiger partial charge on any atom is -0.491 e. The van der Waals surface area contributed by atoms with E-state index in [1.54, 1.807) is 24.3 Å². The first-order valence-corrected chi connectivity index (χ1v) is 9.66. The number of anilines is 2. The Kier molecular flexibility index (Phi) is 8.34. The Labute approximate surface area is 166 Å². The molecule has 6 nitrogen and oxygen atoms in total. The number of carbonyl (C=O) groups excluding carboxylic acids is 2. The number of benzene rings is 2. The third kappa shape index (κ3) is 7.31. The van der Waals surface area contributed by atoms with E-state index < -0.39 is 0 Å². The van der Waals surface area contributed by atoms with E-state index in [2.05, 4.69) is 22.9 Å². The Hall–Kier alpha value is -3.02. The van der Waals surface area contributed by atoms with Gasteiger partial charge in [0.2, 0.25) is 5.91 Å². The number of nitrogens with one attached hydrogen (secondary N) is 3. The molecule has 0 aliphatic carbocycles. The van der Waals surface area contributed by atoms with Gasteiger partial charge in [0.25, 0.3) is 5.91 Å². The average molecular weight is 383 g/mol. The molecule has 3 N–H and O–H groups in total. The van der Waals surface area contributed by atoms with Crippen LogP contribution in [0.1, 0.15) is 44.0 Å². The highest BCUT2D eigenvalue weighted by molar-refractivity contribution is 5.96. The normalized spacial score (nSPS) is 10.4. The van der Waals surface area contributed by atoms with Gasteiger partial charge in [0.05, 0.1) is 12.6 Å². The molecule has 0 radical (unpaired) electrons. The number of ether oxygens (including phenoxy) is 1. The summed E-state index contributed by atoms with van der Waals surface area (Å²) in [7, 11) is 0. The number of carbonyl (C=O) groups is 2. The fraction of sp³-hybridized carbons (Fsp3) is 0.364. The van der Waals surface area contributed by atoms with Gasteiger partial charge in [-0.15, -0.1) is 0 Å². The molecular formula is C22H29N3O3. The molecule has 0 aliphatic heterocycles. The molecule has 0 heterocycles. The molecule has 0 bridgehead atoms. The van der Waals surface area contributed by atoms with Crippen LogP contribution in [0, 0.1) is 0 Å². The molecule has 2 aromatic rings. The van der Waals surface area contributed by atoms with Crippen molar-refractivity contribution >= 4 is 23.2 Å². The molecule has 150 valence electrons. The minimum absolute atomic E-state index is 0.0686. The second kappa shape index (κ2) is 11.0. The molecule has 2 rings (SSSR count). The summed E-state index contributed by atoms with van der Waals surface area (Å²) < 4.78 is 5.63. The number of hydrogen-bond acceptors (Lipinski definition) is 4. The van der Waals surface area contributed by atoms with Crippen molar-refractivity contribution in [1.29, 1.82) is 0 Å². The smallest absolute Gasteiger partial charge is 0.251 e. The van der Waals surface area contributed by atoms with Gasteiger partial charge in [-0.25, -0.2) is 0 Å². The van der Waals surface area contributed by atoms with Gasteiger partial charge in [-0.1, -0.05) is 25.5 Å². The molecule has 28 heavy (non-hydrogen) atoms. The maximum absolute atomic E-state index is 12.2. The van der Waals surface area contributed by atoms with Crippen LogP contribution in [0.15, 0.2) is 48.5 Å². The first-order chi connectivity index (χ1) is 13.5. The van der Waals surface area contributed by atoms with Crippen LogP contribution in [-0.2, 0) is 4.79 Å². The summed E-state index contributed by atoms with van der Waals surface area (Å²) in [5, 5.41) is 8.77. The molecule has 2 amide bonds. The van der Waals surface area contributed by atoms with Crippen LogP contribution in [0.2, 0.25) is 0 Å². The quantitative estimate of drug-likeness (QED) is 0.541. The van der Waals surface area contributed by atoms with E-state index in [1.165, 1.54) is 0 Å². The van der Waals surface area contributed by atoms with Crippen molar-refractivity contribution in [3.05, 3.63) is 54.1 Å². The van der Waals surface area contributed by atoms with Gasteiger partial charge < -0.3 is 20.7 Å². The van der Waals surface area contributed by atoms with Crippen LogP contribution in [0.25, 0.3) is 0 Å². The molecule has 0 spiro atoms. The van der Waals surface area contributed by atoms with Gasteiger partial charge in [-0.05, 0) is 50.6 Å². The lowest BCUT2D eigenvalue weighted by Crippen LogP contribution is -2.25. The highest BCUT2D eigenvalue weighted by Crippen LogP contribution is 2.18. The Morgan fingerprint density at radius 2 is 1.79 bits per heavy atom. The zero-order chi connectivity index (χ0) is 20.4. The average Bonchev–Trinajstić information content (AvgIpc) is 2.66. The predicted molar refractivity (Wildman–Crippen MR) is 113 cm³/mol. The van der Waals surface area contributed by atoms with E-state index in [1.807, 2.05) is 38.1 Å². The largest absolute Gasteiger partial charge is 0.491 e. The lowest BCUT2D eigenvalue weighted by molar-refractivity contribution is -0.114. The second-order valence-corrected chi connectivity index (χ2v) is 6.79. The van der Waals surface area contributed by atoms with Gasteiger partial charge in [0.1, 0.15) is 5.75 Å². The van der Waals surface area contributed by atoms with Gasteiger partial charge in [-0.2, -0.15) is 0 Å². The number of rotatable bonds is 10. The molecule has 0 atom stereocenters. The Morgan fingerprint density at radius 3 is 2.54 bits per heavy atom. The molecule has 0 aliphatic rings. The van der Waals surface area contributed by atoms with Gasteiger partial charge in [0, 0.05) is 29.5 Å². The SMILES string of the molecule is CCCCNC(=O)c1cccc(NCC(=O)Nc2cccc(OC(C)C)c2)c1. The summed E-state index contributed by atoms with van der Waals surface area (Å²) in [6.07, 6.45) is 2.05. The lowest BCUT2D eigenvalue weighted by atomic mass is 10.2. The molecule has 2 aromatic carbocycles. The Balaban J connectivity index is 1.87. The van der Waals surface area contributed by atoms with E-state index in [-0.39, 0.29) is 24.5 Å². The van der Waals surface area contributed by atoms with Crippen molar-refractivity contribution in [2.45, 2.75) is 39.7 Å². The van der Waals surface area contributed by atoms with Crippen molar-refractivity contribution in [1.82, 2.24) is 5.32 Å². The van der Waals surface area contributed by atoms with E-state index in [4.69, 9.17) is 4.74 Å². The Bertz CT molecular complexity index is 790. The van der Waals surface area contributed by atoms with Crippen molar-refractivity contribution in [2.24, 2.45) is 0 Å². The van der Waals surface area contributed by atoms with E-state index in [0.29, 0.717) is 23.5 Å². The van der Waals surface area contributed by atoms with E-state index >= 15 is 0 Å². The monoisotopic (exact) mass is 383 g/mol. The summed E-state index contributed by atoms with van der Waals surface area (Å²) in [6, 6.07) is 14.4. The molecule has 0 saturated carbocycles. The molecule has 6 heteroatoms. The van der Waals surface area contributed by atoms with Crippen LogP contribution in [0.5, 0.6) is 5.75 Å². The zero-order valence-corrected chi connectivity index (χ0v) is 16.7. The van der Waals surface area contributed by atoms with E-state index in [0.717, 1.165) is 18.5 Å². The summed E-state index contributed by atoms with van der Waals surface area (Å²) in [6.45, 7) is 6.74. The van der Waals surface area contributed by atoms with Crippen LogP contribution >= 0.6 is 0 Å². The third-order valence-corrected chi connectivity index (χ3v) is 3.88. The molecular weight excluding hydrogens is 354 g/mol. The summed E-state index contributed by atoms with van der Waals surface area (Å²) in [4.78, 5) is 24.3. The van der Waals surface area contributed by atoms with Gasteiger partial charge in [0.15, 0.2) is 0 Å². The Morgan fingerprint density at radius 1 is 1.04 bits per heavy atom. The first kappa shape index (κ1) is 21.3. The van der Waals surface area contributed by atoms with E-state index in [9.17, 15) is 9.59 Å². The molecule has 0 fully saturated rings. The maximum Gasteiger partial charge on any atom is 0.251 e. The van der Waals surface area contributed by atoms with Crippen molar-refractivity contribution in [2.75, 3.05) is 23.7 Å². The van der Waals surface area contributed by atoms with Crippen LogP contribution in [-0.4, -0.2) is 31.0 Å². The highest BCUT2D eigenvalue weighted by atomic mass is 16.5. The minimum atomic E-state index is -0.181. The fourth-order valence-electron chi connectivity index (χ4n) is 2.56. The number of hydrogen-bond donors (Lipinski definition) is 3. The lowest BCUT2D eigenvalue weighted by Gasteiger charge is -2.12. The standard InChI is InChI=1S/C22H29N3O3/c1-4-5-12-23-22(27)17-8-6-9-18(13-17)24-15-21(26)25-19-10-7-11-20(14-19)28-16(2)3/h6-11,13-14,16,24H,4-5,12,15H2,1-3H3,(H,23,27)(H,25,26). The van der Waals surface area contributed by atoms with Crippen molar-refractivity contribution < 1.29 is 14.3 Å². The molecule has 0 aromatic heterocycles. The number of unbranched alkanes of at least 4 members (excludes halogenated alkanes) is 1. The van der Waals surface area contributed by atoms with Crippen LogP contribution < -0.4 is 20.7 Å². The van der Waals surface area contributed by atoms with Crippen molar-refractivity contribution in [3.8, 4) is 5.75 Å².